The second-order valence-electron chi connectivity index (χ2n) is 15.1. The third-order valence-corrected chi connectivity index (χ3v) is 9.21. The van der Waals surface area contributed by atoms with Crippen molar-refractivity contribution in [1.29, 1.82) is 0 Å². The van der Waals surface area contributed by atoms with Gasteiger partial charge in [0.1, 0.15) is 0 Å². The van der Waals surface area contributed by atoms with Gasteiger partial charge >= 0.3 is 0 Å². The molecule has 5 aromatic heterocycles. The first-order chi connectivity index (χ1) is 25.9. The predicted octanol–water partition coefficient (Wildman–Crippen LogP) is 11.3. The Balaban J connectivity index is 0.000000330. The van der Waals surface area contributed by atoms with Crippen LogP contribution in [0.4, 0.5) is 5.69 Å². The summed E-state index contributed by atoms with van der Waals surface area (Å²) in [5.41, 5.74) is 6.56. The number of aliphatic hydroxyl groups is 1. The zero-order valence-corrected chi connectivity index (χ0v) is 37.0. The number of imidazole rings is 1. The third kappa shape index (κ3) is 19.5. The molecule has 0 aromatic carbocycles. The molecule has 302 valence electrons. The van der Waals surface area contributed by atoms with Crippen LogP contribution in [0.2, 0.25) is 0 Å². The molecule has 55 heavy (non-hydrogen) atoms. The molecule has 0 unspecified atom stereocenters. The van der Waals surface area contributed by atoms with E-state index in [9.17, 15) is 0 Å². The second kappa shape index (κ2) is 25.5. The Morgan fingerprint density at radius 1 is 0.727 bits per heavy atom. The molecule has 0 aliphatic carbocycles. The number of hydrogen-bond donors (Lipinski definition) is 1. The summed E-state index contributed by atoms with van der Waals surface area (Å²) in [6.07, 6.45) is 18.8. The Hall–Kier alpha value is -4.60. The van der Waals surface area contributed by atoms with E-state index in [1.54, 1.807) is 23.3 Å². The molecule has 0 radical (unpaired) electrons. The lowest BCUT2D eigenvalue weighted by Crippen LogP contribution is -1.99. The number of thiophene rings is 1. The Morgan fingerprint density at radius 2 is 1.31 bits per heavy atom. The molecular formula is C43H68N10OS. The highest BCUT2D eigenvalue weighted by Crippen LogP contribution is 2.22. The van der Waals surface area contributed by atoms with E-state index in [1.165, 1.54) is 21.6 Å². The van der Waals surface area contributed by atoms with Gasteiger partial charge in [0.25, 0.3) is 0 Å². The van der Waals surface area contributed by atoms with Gasteiger partial charge in [-0.1, -0.05) is 33.8 Å². The van der Waals surface area contributed by atoms with Gasteiger partial charge in [0.2, 0.25) is 5.69 Å². The van der Waals surface area contributed by atoms with Crippen molar-refractivity contribution in [2.45, 2.75) is 141 Å². The Bertz CT molecular complexity index is 1750. The fourth-order valence-corrected chi connectivity index (χ4v) is 5.27. The molecule has 5 aromatic rings. The van der Waals surface area contributed by atoms with Gasteiger partial charge in [-0.15, -0.1) is 11.3 Å². The van der Waals surface area contributed by atoms with Crippen molar-refractivity contribution in [3.63, 3.8) is 0 Å². The Morgan fingerprint density at radius 3 is 1.56 bits per heavy atom. The third-order valence-electron chi connectivity index (χ3n) is 7.86. The van der Waals surface area contributed by atoms with Gasteiger partial charge < -0.3 is 9.67 Å². The molecule has 0 saturated carbocycles. The van der Waals surface area contributed by atoms with Crippen LogP contribution in [0.3, 0.4) is 0 Å². The van der Waals surface area contributed by atoms with Crippen LogP contribution in [0.5, 0.6) is 0 Å². The standard InChI is InChI=1S/C8H12S.C7H9N3.C7H12N2O.2C7H12N2.C7H11N/c1-6(2)8-4-7(3)5-9-8;1-6(2)10-5-7(8-3)4-9-10;1-6(2)9-4-7(5-10)3-8-9;1-6(2)9-4-7(3)8-5-9;1-6(2)9-5-7(3)4-8-9;1-6(2)7-3-4-8-5-7/h4-6H,1-3H3;4-6H,1-2H3;3-4,6,10H,5H2,1-2H3;2*4-6H,1-3H3;3,5-6H,4H2,1-2H3. The van der Waals surface area contributed by atoms with Crippen molar-refractivity contribution in [1.82, 2.24) is 38.9 Å². The highest BCUT2D eigenvalue weighted by molar-refractivity contribution is 7.10. The van der Waals surface area contributed by atoms with Crippen LogP contribution in [0.1, 0.15) is 140 Å². The van der Waals surface area contributed by atoms with Crippen molar-refractivity contribution in [2.24, 2.45) is 10.9 Å². The maximum atomic E-state index is 8.68. The van der Waals surface area contributed by atoms with Crippen LogP contribution < -0.4 is 0 Å². The average molecular weight is 773 g/mol. The van der Waals surface area contributed by atoms with Gasteiger partial charge in [-0.3, -0.25) is 19.0 Å². The fourth-order valence-electron chi connectivity index (χ4n) is 4.36. The van der Waals surface area contributed by atoms with Crippen LogP contribution >= 0.6 is 11.3 Å². The molecule has 0 saturated heterocycles. The average Bonchev–Trinajstić information content (AvgIpc) is 3.98. The van der Waals surface area contributed by atoms with Crippen LogP contribution in [0, 0.1) is 33.3 Å². The van der Waals surface area contributed by atoms with Crippen molar-refractivity contribution in [3.8, 4) is 0 Å². The molecule has 0 spiro atoms. The summed E-state index contributed by atoms with van der Waals surface area (Å²) in [4.78, 5) is 12.9. The first kappa shape index (κ1) is 48.4. The molecule has 12 heteroatoms. The maximum absolute atomic E-state index is 8.68. The molecule has 0 amide bonds. The summed E-state index contributed by atoms with van der Waals surface area (Å²) in [5.74, 6) is 1.35. The van der Waals surface area contributed by atoms with Crippen molar-refractivity contribution < 1.29 is 5.11 Å². The lowest BCUT2D eigenvalue weighted by atomic mass is 10.1. The zero-order chi connectivity index (χ0) is 41.7. The molecule has 6 rings (SSSR count). The van der Waals surface area contributed by atoms with E-state index in [0.29, 0.717) is 41.7 Å². The zero-order valence-electron chi connectivity index (χ0n) is 36.1. The van der Waals surface area contributed by atoms with Gasteiger partial charge in [0.05, 0.1) is 50.3 Å². The predicted molar refractivity (Wildman–Crippen MR) is 232 cm³/mol. The normalized spacial score (nSPS) is 11.5. The van der Waals surface area contributed by atoms with Crippen LogP contribution in [-0.2, 0) is 6.61 Å². The van der Waals surface area contributed by atoms with E-state index in [-0.39, 0.29) is 6.61 Å². The molecule has 6 heterocycles. The van der Waals surface area contributed by atoms with Crippen molar-refractivity contribution >= 4 is 23.2 Å². The van der Waals surface area contributed by atoms with E-state index >= 15 is 0 Å². The van der Waals surface area contributed by atoms with Crippen LogP contribution in [-0.4, -0.2) is 56.8 Å². The quantitative estimate of drug-likeness (QED) is 0.166. The molecule has 1 aliphatic heterocycles. The number of nitrogens with zero attached hydrogens (tertiary/aromatic N) is 10. The molecular weight excluding hydrogens is 705 g/mol. The number of aliphatic imine (C=N–C) groups is 1. The topological polar surface area (TPSA) is 108 Å². The van der Waals surface area contributed by atoms with Crippen molar-refractivity contribution in [2.75, 3.05) is 6.54 Å². The molecule has 0 fully saturated rings. The Labute approximate surface area is 335 Å². The summed E-state index contributed by atoms with van der Waals surface area (Å²) in [6, 6.07) is 4.00. The highest BCUT2D eigenvalue weighted by Gasteiger charge is 2.03. The van der Waals surface area contributed by atoms with Gasteiger partial charge in [-0.05, 0) is 116 Å². The SMILES string of the molecule is CC(C)C1=CCN=C1.CC(C)n1cc(CO)cn1.Cc1cn(C(C)C)cn1.Cc1cnn(C(C)C)c1.Cc1csc(C(C)C)c1.[C-]#[N+]c1cnn(C(C)C)c1. The van der Waals surface area contributed by atoms with E-state index in [4.69, 9.17) is 11.7 Å². The van der Waals surface area contributed by atoms with Crippen molar-refractivity contribution in [3.05, 3.63) is 111 Å². The van der Waals surface area contributed by atoms with Crippen LogP contribution in [0.15, 0.2) is 77.8 Å². The largest absolute Gasteiger partial charge is 0.392 e. The second-order valence-corrected chi connectivity index (χ2v) is 16.1. The van der Waals surface area contributed by atoms with Gasteiger partial charge in [0, 0.05) is 65.6 Å². The number of aliphatic hydroxyl groups excluding tert-OH is 1. The first-order valence-corrected chi connectivity index (χ1v) is 20.1. The molecule has 11 nitrogen and oxygen atoms in total. The van der Waals surface area contributed by atoms with E-state index in [2.05, 4.69) is 115 Å². The minimum absolute atomic E-state index is 0.0761. The van der Waals surface area contributed by atoms with Gasteiger partial charge in [-0.25, -0.2) is 9.83 Å². The molecule has 0 atom stereocenters. The number of hydrogen-bond acceptors (Lipinski definition) is 7. The number of allylic oxidation sites excluding steroid dienone is 1. The monoisotopic (exact) mass is 773 g/mol. The first-order valence-electron chi connectivity index (χ1n) is 19.2. The minimum Gasteiger partial charge on any atom is -0.392 e. The summed E-state index contributed by atoms with van der Waals surface area (Å²) in [5, 5.41) is 23.0. The number of aryl methyl sites for hydroxylation is 3. The van der Waals surface area contributed by atoms with Gasteiger partial charge in [-0.2, -0.15) is 15.3 Å². The molecule has 0 bridgehead atoms. The summed E-state index contributed by atoms with van der Waals surface area (Å²) in [6.45, 7) is 39.3. The number of rotatable bonds is 7. The Kier molecular flexibility index (Phi) is 22.4. The smallest absolute Gasteiger partial charge is 0.224 e. The van der Waals surface area contributed by atoms with Gasteiger partial charge in [0.15, 0.2) is 0 Å². The van der Waals surface area contributed by atoms with E-state index in [1.807, 2.05) is 99.6 Å². The lowest BCUT2D eigenvalue weighted by Gasteiger charge is -2.02. The minimum atomic E-state index is 0.0761. The molecule has 1 aliphatic rings. The summed E-state index contributed by atoms with van der Waals surface area (Å²) >= 11 is 1.86. The summed E-state index contributed by atoms with van der Waals surface area (Å²) < 4.78 is 7.64. The van der Waals surface area contributed by atoms with E-state index in [0.717, 1.165) is 17.8 Å². The maximum Gasteiger partial charge on any atom is 0.224 e. The lowest BCUT2D eigenvalue weighted by molar-refractivity contribution is 0.281. The number of aromatic nitrogens is 8. The van der Waals surface area contributed by atoms with Crippen LogP contribution in [0.25, 0.3) is 4.85 Å². The van der Waals surface area contributed by atoms with E-state index < -0.39 is 0 Å². The highest BCUT2D eigenvalue weighted by atomic mass is 32.1. The molecule has 1 N–H and O–H groups in total. The fraction of sp³-hybridized carbons (Fsp3) is 0.535. The summed E-state index contributed by atoms with van der Waals surface area (Å²) in [7, 11) is 0.